The van der Waals surface area contributed by atoms with E-state index in [4.69, 9.17) is 4.74 Å². The molecule has 3 rings (SSSR count). The molecule has 1 heterocycles. The maximum Gasteiger partial charge on any atom is 0.307 e. The van der Waals surface area contributed by atoms with Crippen molar-refractivity contribution in [1.29, 1.82) is 0 Å². The summed E-state index contributed by atoms with van der Waals surface area (Å²) in [7, 11) is 1.32. The Kier molecular flexibility index (Phi) is 6.11. The number of hydrogen-bond acceptors (Lipinski definition) is 5. The number of benzene rings is 1. The molecule has 1 aliphatic heterocycles. The van der Waals surface area contributed by atoms with Crippen LogP contribution in [0.5, 0.6) is 0 Å². The Labute approximate surface area is 164 Å². The fourth-order valence-electron chi connectivity index (χ4n) is 4.16. The predicted octanol–water partition coefficient (Wildman–Crippen LogP) is 2.25. The number of carbonyl (C=O) groups excluding carboxylic acids is 4. The molecule has 0 N–H and O–H groups in total. The van der Waals surface area contributed by atoms with Crippen molar-refractivity contribution in [2.24, 2.45) is 5.92 Å². The zero-order valence-corrected chi connectivity index (χ0v) is 16.3. The van der Waals surface area contributed by atoms with Gasteiger partial charge in [-0.25, -0.2) is 0 Å². The van der Waals surface area contributed by atoms with Crippen molar-refractivity contribution in [3.8, 4) is 0 Å². The van der Waals surface area contributed by atoms with Crippen molar-refractivity contribution in [1.82, 2.24) is 9.80 Å². The van der Waals surface area contributed by atoms with Gasteiger partial charge >= 0.3 is 5.97 Å². The molecule has 1 aliphatic carbocycles. The number of carbonyl (C=O) groups is 4. The van der Waals surface area contributed by atoms with Gasteiger partial charge < -0.3 is 9.64 Å². The predicted molar refractivity (Wildman–Crippen MR) is 102 cm³/mol. The number of hydrogen-bond donors (Lipinski definition) is 0. The maximum absolute atomic E-state index is 13.1. The average Bonchev–Trinajstić information content (AvgIpc) is 2.94. The minimum atomic E-state index is -0.446. The Balaban J connectivity index is 1.76. The summed E-state index contributed by atoms with van der Waals surface area (Å²) in [5.74, 6) is -1.28. The van der Waals surface area contributed by atoms with Crippen molar-refractivity contribution in [2.45, 2.75) is 45.1 Å². The number of fused-ring (bicyclic) bond motifs is 1. The van der Waals surface area contributed by atoms with Crippen LogP contribution in [0.4, 0.5) is 0 Å². The van der Waals surface area contributed by atoms with E-state index < -0.39 is 11.8 Å². The molecule has 1 aromatic carbocycles. The van der Waals surface area contributed by atoms with Gasteiger partial charge in [-0.3, -0.25) is 24.1 Å². The van der Waals surface area contributed by atoms with Crippen LogP contribution in [0.15, 0.2) is 24.3 Å². The first-order valence-corrected chi connectivity index (χ1v) is 9.75. The first-order chi connectivity index (χ1) is 13.4. The molecule has 2 aliphatic rings. The van der Waals surface area contributed by atoms with E-state index in [0.717, 1.165) is 30.6 Å². The van der Waals surface area contributed by atoms with E-state index >= 15 is 0 Å². The Morgan fingerprint density at radius 2 is 1.71 bits per heavy atom. The minimum absolute atomic E-state index is 0.00101. The molecule has 1 saturated carbocycles. The van der Waals surface area contributed by atoms with Gasteiger partial charge in [0.1, 0.15) is 6.54 Å². The van der Waals surface area contributed by atoms with Crippen LogP contribution in [0.25, 0.3) is 0 Å². The third-order valence-corrected chi connectivity index (χ3v) is 5.74. The van der Waals surface area contributed by atoms with Gasteiger partial charge in [-0.2, -0.15) is 0 Å². The molecule has 7 nitrogen and oxygen atoms in total. The van der Waals surface area contributed by atoms with Gasteiger partial charge in [0.15, 0.2) is 0 Å². The van der Waals surface area contributed by atoms with Crippen molar-refractivity contribution >= 4 is 23.7 Å². The lowest BCUT2D eigenvalue weighted by molar-refractivity contribution is -0.143. The summed E-state index contributed by atoms with van der Waals surface area (Å²) in [6, 6.07) is 6.58. The normalized spacial score (nSPS) is 21.4. The van der Waals surface area contributed by atoms with Crippen LogP contribution in [-0.2, 0) is 14.3 Å². The standard InChI is InChI=1S/C21H26N2O5/c1-14-7-3-6-10-17(14)22(12-11-19(25)28-2)18(24)13-23-20(26)15-8-4-5-9-16(15)21(23)27/h4-5,8-9,14,17H,3,6-7,10-13H2,1-2H3. The fraction of sp³-hybridized carbons (Fsp3) is 0.524. The average molecular weight is 386 g/mol. The van der Waals surface area contributed by atoms with Gasteiger partial charge in [-0.1, -0.05) is 31.9 Å². The highest BCUT2D eigenvalue weighted by molar-refractivity contribution is 6.22. The van der Waals surface area contributed by atoms with Crippen LogP contribution >= 0.6 is 0 Å². The molecular formula is C21H26N2O5. The summed E-state index contributed by atoms with van der Waals surface area (Å²) < 4.78 is 4.71. The molecule has 0 saturated heterocycles. The second kappa shape index (κ2) is 8.54. The van der Waals surface area contributed by atoms with E-state index in [0.29, 0.717) is 17.0 Å². The molecule has 1 fully saturated rings. The van der Waals surface area contributed by atoms with E-state index in [1.807, 2.05) is 0 Å². The smallest absolute Gasteiger partial charge is 0.307 e. The lowest BCUT2D eigenvalue weighted by Crippen LogP contribution is -2.50. The number of nitrogens with zero attached hydrogens (tertiary/aromatic N) is 2. The summed E-state index contributed by atoms with van der Waals surface area (Å²) in [6.45, 7) is 2.02. The summed E-state index contributed by atoms with van der Waals surface area (Å²) >= 11 is 0. The van der Waals surface area contributed by atoms with Gasteiger partial charge in [0.25, 0.3) is 11.8 Å². The largest absolute Gasteiger partial charge is 0.469 e. The third kappa shape index (κ3) is 3.93. The maximum atomic E-state index is 13.1. The SMILES string of the molecule is COC(=O)CCN(C(=O)CN1C(=O)c2ccccc2C1=O)C1CCCCC1C. The monoisotopic (exact) mass is 386 g/mol. The Bertz CT molecular complexity index is 756. The zero-order valence-electron chi connectivity index (χ0n) is 16.3. The highest BCUT2D eigenvalue weighted by Crippen LogP contribution is 2.29. The van der Waals surface area contributed by atoms with Gasteiger partial charge in [-0.15, -0.1) is 0 Å². The van der Waals surface area contributed by atoms with Crippen LogP contribution < -0.4 is 0 Å². The summed E-state index contributed by atoms with van der Waals surface area (Å²) in [5.41, 5.74) is 0.653. The van der Waals surface area contributed by atoms with E-state index in [1.165, 1.54) is 7.11 Å². The molecule has 0 bridgehead atoms. The highest BCUT2D eigenvalue weighted by Gasteiger charge is 2.38. The summed E-state index contributed by atoms with van der Waals surface area (Å²) in [6.07, 6.45) is 4.10. The van der Waals surface area contributed by atoms with Gasteiger partial charge in [-0.05, 0) is 30.9 Å². The van der Waals surface area contributed by atoms with Crippen LogP contribution in [0, 0.1) is 5.92 Å². The van der Waals surface area contributed by atoms with Crippen molar-refractivity contribution < 1.29 is 23.9 Å². The summed E-state index contributed by atoms with van der Waals surface area (Å²) in [5, 5.41) is 0. The van der Waals surface area contributed by atoms with Crippen LogP contribution in [0.1, 0.15) is 59.7 Å². The molecule has 7 heteroatoms. The Hall–Kier alpha value is -2.70. The minimum Gasteiger partial charge on any atom is -0.469 e. The Morgan fingerprint density at radius 1 is 1.11 bits per heavy atom. The zero-order chi connectivity index (χ0) is 20.3. The highest BCUT2D eigenvalue weighted by atomic mass is 16.5. The molecule has 28 heavy (non-hydrogen) atoms. The number of ether oxygens (including phenoxy) is 1. The number of methoxy groups -OCH3 is 1. The topological polar surface area (TPSA) is 84.0 Å². The second-order valence-corrected chi connectivity index (χ2v) is 7.48. The van der Waals surface area contributed by atoms with Crippen LogP contribution in [0.3, 0.4) is 0 Å². The van der Waals surface area contributed by atoms with E-state index in [2.05, 4.69) is 6.92 Å². The molecule has 150 valence electrons. The number of esters is 1. The van der Waals surface area contributed by atoms with Crippen molar-refractivity contribution in [2.75, 3.05) is 20.2 Å². The molecule has 1 aromatic rings. The lowest BCUT2D eigenvalue weighted by atomic mass is 9.84. The second-order valence-electron chi connectivity index (χ2n) is 7.48. The first-order valence-electron chi connectivity index (χ1n) is 9.75. The van der Waals surface area contributed by atoms with Crippen molar-refractivity contribution in [3.63, 3.8) is 0 Å². The number of amides is 3. The van der Waals surface area contributed by atoms with E-state index in [-0.39, 0.29) is 37.4 Å². The first kappa shape index (κ1) is 20.0. The van der Waals surface area contributed by atoms with Crippen LogP contribution in [0.2, 0.25) is 0 Å². The molecule has 2 atom stereocenters. The van der Waals surface area contributed by atoms with Gasteiger partial charge in [0.2, 0.25) is 5.91 Å². The van der Waals surface area contributed by atoms with Crippen molar-refractivity contribution in [3.05, 3.63) is 35.4 Å². The van der Waals surface area contributed by atoms with Gasteiger partial charge in [0, 0.05) is 12.6 Å². The summed E-state index contributed by atoms with van der Waals surface area (Å²) in [4.78, 5) is 52.6. The molecule has 0 radical (unpaired) electrons. The molecule has 0 spiro atoms. The lowest BCUT2D eigenvalue weighted by Gasteiger charge is -2.39. The molecule has 0 aromatic heterocycles. The van der Waals surface area contributed by atoms with E-state index in [9.17, 15) is 19.2 Å². The molecular weight excluding hydrogens is 360 g/mol. The fourth-order valence-corrected chi connectivity index (χ4v) is 4.16. The third-order valence-electron chi connectivity index (χ3n) is 5.74. The molecule has 3 amide bonds. The number of rotatable bonds is 6. The van der Waals surface area contributed by atoms with Crippen LogP contribution in [-0.4, -0.2) is 59.7 Å². The number of imide groups is 1. The Morgan fingerprint density at radius 3 is 2.29 bits per heavy atom. The van der Waals surface area contributed by atoms with Gasteiger partial charge in [0.05, 0.1) is 24.7 Å². The van der Waals surface area contributed by atoms with E-state index in [1.54, 1.807) is 29.2 Å². The quantitative estimate of drug-likeness (QED) is 0.553. The molecule has 2 unspecified atom stereocenters.